The molecule has 1 fully saturated rings. The summed E-state index contributed by atoms with van der Waals surface area (Å²) < 4.78 is 0. The maximum Gasteiger partial charge on any atom is 0.191 e. The van der Waals surface area contributed by atoms with Crippen molar-refractivity contribution in [1.29, 1.82) is 0 Å². The van der Waals surface area contributed by atoms with E-state index in [1.165, 1.54) is 23.5 Å². The summed E-state index contributed by atoms with van der Waals surface area (Å²) in [6.07, 6.45) is 3.48. The van der Waals surface area contributed by atoms with E-state index in [0.29, 0.717) is 6.04 Å². The van der Waals surface area contributed by atoms with Crippen LogP contribution in [0, 0.1) is 0 Å². The first kappa shape index (κ1) is 22.6. The van der Waals surface area contributed by atoms with Crippen molar-refractivity contribution in [2.75, 3.05) is 51.2 Å². The molecule has 2 aromatic rings. The molecular weight excluding hydrogens is 392 g/mol. The quantitative estimate of drug-likeness (QED) is 0.448. The largest absolute Gasteiger partial charge is 0.356 e. The lowest BCUT2D eigenvalue weighted by atomic mass is 10.1. The third-order valence-corrected chi connectivity index (χ3v) is 6.66. The summed E-state index contributed by atoms with van der Waals surface area (Å²) in [6.45, 7) is 10.4. The number of nitrogens with one attached hydrogen (secondary N) is 2. The van der Waals surface area contributed by atoms with E-state index in [9.17, 15) is 0 Å². The molecule has 0 amide bonds. The molecule has 1 aromatic heterocycles. The molecule has 1 atom stereocenters. The Hall–Kier alpha value is -2.12. The summed E-state index contributed by atoms with van der Waals surface area (Å²) in [7, 11) is 1.83. The summed E-state index contributed by atoms with van der Waals surface area (Å²) in [5.74, 6) is 0.845. The molecule has 7 heteroatoms. The molecule has 1 aliphatic rings. The van der Waals surface area contributed by atoms with E-state index in [4.69, 9.17) is 4.98 Å². The Bertz CT molecular complexity index is 765. The summed E-state index contributed by atoms with van der Waals surface area (Å²) in [4.78, 5) is 14.1. The number of nitrogens with zero attached hydrogens (tertiary/aromatic N) is 4. The normalized spacial score (nSPS) is 15.6. The molecule has 3 rings (SSSR count). The Morgan fingerprint density at radius 2 is 1.90 bits per heavy atom. The number of hydrogen-bond donors (Lipinski definition) is 2. The molecule has 0 saturated carbocycles. The SMILES string of the molecule is CCN(CC)C(CNC(=NC)NCCc1csc(N2CCCC2)n1)c1ccccc1. The third kappa shape index (κ3) is 6.19. The molecule has 30 heavy (non-hydrogen) atoms. The van der Waals surface area contributed by atoms with Gasteiger partial charge in [0.2, 0.25) is 0 Å². The van der Waals surface area contributed by atoms with Crippen molar-refractivity contribution in [1.82, 2.24) is 20.5 Å². The van der Waals surface area contributed by atoms with Crippen LogP contribution in [0.2, 0.25) is 0 Å². The third-order valence-electron chi connectivity index (χ3n) is 5.71. The molecule has 0 bridgehead atoms. The first-order chi connectivity index (χ1) is 14.7. The van der Waals surface area contributed by atoms with Crippen LogP contribution in [0.3, 0.4) is 0 Å². The van der Waals surface area contributed by atoms with Crippen molar-refractivity contribution in [2.45, 2.75) is 39.2 Å². The van der Waals surface area contributed by atoms with Gasteiger partial charge in [-0.15, -0.1) is 11.3 Å². The van der Waals surface area contributed by atoms with Gasteiger partial charge in [0.1, 0.15) is 0 Å². The van der Waals surface area contributed by atoms with E-state index in [2.05, 4.69) is 75.0 Å². The predicted molar refractivity (Wildman–Crippen MR) is 129 cm³/mol. The van der Waals surface area contributed by atoms with Crippen molar-refractivity contribution in [3.05, 3.63) is 47.0 Å². The molecular formula is C23H36N6S. The fraction of sp³-hybridized carbons (Fsp3) is 0.565. The van der Waals surface area contributed by atoms with Crippen molar-refractivity contribution in [3.63, 3.8) is 0 Å². The number of rotatable bonds is 10. The first-order valence-electron chi connectivity index (χ1n) is 11.2. The van der Waals surface area contributed by atoms with Gasteiger partial charge in [0.05, 0.1) is 11.7 Å². The molecule has 2 heterocycles. The maximum atomic E-state index is 4.81. The average molecular weight is 429 g/mol. The van der Waals surface area contributed by atoms with Crippen LogP contribution in [0.4, 0.5) is 5.13 Å². The Morgan fingerprint density at radius 1 is 1.17 bits per heavy atom. The molecule has 0 spiro atoms. The monoisotopic (exact) mass is 428 g/mol. The van der Waals surface area contributed by atoms with Gasteiger partial charge >= 0.3 is 0 Å². The highest BCUT2D eigenvalue weighted by Gasteiger charge is 2.18. The van der Waals surface area contributed by atoms with Crippen LogP contribution in [-0.2, 0) is 6.42 Å². The zero-order chi connectivity index (χ0) is 21.2. The Labute approximate surface area is 185 Å². The van der Waals surface area contributed by atoms with E-state index >= 15 is 0 Å². The molecule has 1 aliphatic heterocycles. The maximum absolute atomic E-state index is 4.81. The number of guanidine groups is 1. The highest BCUT2D eigenvalue weighted by Crippen LogP contribution is 2.24. The van der Waals surface area contributed by atoms with E-state index in [0.717, 1.165) is 57.3 Å². The van der Waals surface area contributed by atoms with Gasteiger partial charge in [-0.3, -0.25) is 9.89 Å². The van der Waals surface area contributed by atoms with Gasteiger partial charge in [0.25, 0.3) is 0 Å². The number of benzene rings is 1. The topological polar surface area (TPSA) is 55.8 Å². The lowest BCUT2D eigenvalue weighted by Gasteiger charge is -2.30. The van der Waals surface area contributed by atoms with Crippen LogP contribution < -0.4 is 15.5 Å². The van der Waals surface area contributed by atoms with E-state index in [-0.39, 0.29) is 0 Å². The van der Waals surface area contributed by atoms with Crippen LogP contribution in [0.1, 0.15) is 44.0 Å². The molecule has 164 valence electrons. The van der Waals surface area contributed by atoms with Gasteiger partial charge in [0.15, 0.2) is 11.1 Å². The highest BCUT2D eigenvalue weighted by molar-refractivity contribution is 7.13. The van der Waals surface area contributed by atoms with Crippen LogP contribution in [0.15, 0.2) is 40.7 Å². The fourth-order valence-corrected chi connectivity index (χ4v) is 4.90. The summed E-state index contributed by atoms with van der Waals surface area (Å²) >= 11 is 1.77. The minimum atomic E-state index is 0.321. The second kappa shape index (κ2) is 11.9. The molecule has 6 nitrogen and oxygen atoms in total. The number of aliphatic imine (C=N–C) groups is 1. The summed E-state index contributed by atoms with van der Waals surface area (Å²) in [5, 5.41) is 10.3. The second-order valence-corrected chi connectivity index (χ2v) is 8.43. The Kier molecular flexibility index (Phi) is 8.96. The average Bonchev–Trinajstić information content (AvgIpc) is 3.48. The Morgan fingerprint density at radius 3 is 2.57 bits per heavy atom. The van der Waals surface area contributed by atoms with Gasteiger partial charge in [-0.1, -0.05) is 44.2 Å². The van der Waals surface area contributed by atoms with Crippen LogP contribution in [0.5, 0.6) is 0 Å². The lowest BCUT2D eigenvalue weighted by molar-refractivity contribution is 0.219. The molecule has 1 aromatic carbocycles. The smallest absolute Gasteiger partial charge is 0.191 e. The Balaban J connectivity index is 1.49. The molecule has 1 saturated heterocycles. The molecule has 0 aliphatic carbocycles. The lowest BCUT2D eigenvalue weighted by Crippen LogP contribution is -2.43. The predicted octanol–water partition coefficient (Wildman–Crippen LogP) is 3.53. The minimum absolute atomic E-state index is 0.321. The van der Waals surface area contributed by atoms with Gasteiger partial charge in [-0.2, -0.15) is 0 Å². The first-order valence-corrected chi connectivity index (χ1v) is 12.1. The number of anilines is 1. The standard InChI is InChI=1S/C23H36N6S/c1-4-28(5-2)21(19-11-7-6-8-12-19)17-26-22(24-3)25-14-13-20-18-30-23(27-20)29-15-9-10-16-29/h6-8,11-12,18,21H,4-5,9-10,13-17H2,1-3H3,(H2,24,25,26). The van der Waals surface area contributed by atoms with Gasteiger partial charge in [0, 0.05) is 45.0 Å². The number of likely N-dealkylation sites (N-methyl/N-ethyl adjacent to an activating group) is 1. The zero-order valence-corrected chi connectivity index (χ0v) is 19.4. The van der Waals surface area contributed by atoms with Crippen molar-refractivity contribution < 1.29 is 0 Å². The minimum Gasteiger partial charge on any atom is -0.356 e. The van der Waals surface area contributed by atoms with Crippen molar-refractivity contribution >= 4 is 22.4 Å². The molecule has 2 N–H and O–H groups in total. The number of hydrogen-bond acceptors (Lipinski definition) is 5. The van der Waals surface area contributed by atoms with Gasteiger partial charge in [-0.25, -0.2) is 4.98 Å². The van der Waals surface area contributed by atoms with Crippen LogP contribution >= 0.6 is 11.3 Å². The van der Waals surface area contributed by atoms with E-state index in [1.807, 2.05) is 7.05 Å². The number of thiazole rings is 1. The van der Waals surface area contributed by atoms with Gasteiger partial charge < -0.3 is 15.5 Å². The van der Waals surface area contributed by atoms with Gasteiger partial charge in [-0.05, 0) is 31.5 Å². The fourth-order valence-electron chi connectivity index (χ4n) is 3.99. The molecule has 1 unspecified atom stereocenters. The van der Waals surface area contributed by atoms with E-state index in [1.54, 1.807) is 11.3 Å². The molecule has 0 radical (unpaired) electrons. The zero-order valence-electron chi connectivity index (χ0n) is 18.6. The van der Waals surface area contributed by atoms with E-state index < -0.39 is 0 Å². The summed E-state index contributed by atoms with van der Waals surface area (Å²) in [5.41, 5.74) is 2.50. The second-order valence-electron chi connectivity index (χ2n) is 7.59. The summed E-state index contributed by atoms with van der Waals surface area (Å²) in [6, 6.07) is 11.0. The van der Waals surface area contributed by atoms with Crippen molar-refractivity contribution in [3.8, 4) is 0 Å². The highest BCUT2D eigenvalue weighted by atomic mass is 32.1. The van der Waals surface area contributed by atoms with Crippen LogP contribution in [0.25, 0.3) is 0 Å². The van der Waals surface area contributed by atoms with Crippen molar-refractivity contribution in [2.24, 2.45) is 4.99 Å². The van der Waals surface area contributed by atoms with Crippen LogP contribution in [-0.4, -0.2) is 62.2 Å². The number of aromatic nitrogens is 1.